The molecule has 0 radical (unpaired) electrons. The van der Waals surface area contributed by atoms with Crippen molar-refractivity contribution in [3.8, 4) is 0 Å². The predicted molar refractivity (Wildman–Crippen MR) is 78.2 cm³/mol. The second-order valence-electron chi connectivity index (χ2n) is 4.10. The molecule has 0 amide bonds. The molecule has 1 atom stereocenters. The third-order valence-electron chi connectivity index (χ3n) is 2.54. The van der Waals surface area contributed by atoms with Gasteiger partial charge in [-0.25, -0.2) is 4.79 Å². The maximum absolute atomic E-state index is 11.8. The van der Waals surface area contributed by atoms with Crippen LogP contribution in [0.2, 0.25) is 0 Å². The molecule has 0 bridgehead atoms. The maximum atomic E-state index is 11.8. The fourth-order valence-electron chi connectivity index (χ4n) is 1.66. The van der Waals surface area contributed by atoms with E-state index in [1.165, 1.54) is 5.56 Å². The second kappa shape index (κ2) is 8.03. The minimum absolute atomic E-state index is 0.173. The summed E-state index contributed by atoms with van der Waals surface area (Å²) in [6.45, 7) is 4.28. The average molecular weight is 267 g/mol. The number of esters is 1. The Hall–Kier alpha value is -1.16. The van der Waals surface area contributed by atoms with Crippen LogP contribution in [0.15, 0.2) is 24.3 Å². The van der Waals surface area contributed by atoms with E-state index in [0.717, 1.165) is 17.9 Å². The van der Waals surface area contributed by atoms with Gasteiger partial charge in [0.05, 0.1) is 6.61 Å². The summed E-state index contributed by atoms with van der Waals surface area (Å²) in [5.74, 6) is 0.760. The van der Waals surface area contributed by atoms with Crippen molar-refractivity contribution in [2.45, 2.75) is 26.3 Å². The van der Waals surface area contributed by atoms with Crippen LogP contribution < -0.4 is 5.32 Å². The first kappa shape index (κ1) is 14.9. The van der Waals surface area contributed by atoms with Gasteiger partial charge in [0.25, 0.3) is 0 Å². The highest BCUT2D eigenvalue weighted by molar-refractivity contribution is 7.98. The minimum atomic E-state index is -0.265. The average Bonchev–Trinajstić information content (AvgIpc) is 2.34. The smallest absolute Gasteiger partial charge is 0.328 e. The van der Waals surface area contributed by atoms with Gasteiger partial charge in [0.1, 0.15) is 6.04 Å². The molecule has 18 heavy (non-hydrogen) atoms. The summed E-state index contributed by atoms with van der Waals surface area (Å²) >= 11 is 1.73. The summed E-state index contributed by atoms with van der Waals surface area (Å²) in [6.07, 6.45) is 2.81. The minimum Gasteiger partial charge on any atom is -0.464 e. The first-order chi connectivity index (χ1) is 8.67. The Bertz CT molecular complexity index is 382. The van der Waals surface area contributed by atoms with Crippen LogP contribution in [0.3, 0.4) is 0 Å². The Morgan fingerprint density at radius 1 is 1.50 bits per heavy atom. The van der Waals surface area contributed by atoms with E-state index in [2.05, 4.69) is 5.32 Å². The molecule has 0 aliphatic rings. The zero-order valence-electron chi connectivity index (χ0n) is 11.2. The van der Waals surface area contributed by atoms with Crippen molar-refractivity contribution in [1.82, 2.24) is 0 Å². The number of benzene rings is 1. The fourth-order valence-corrected chi connectivity index (χ4v) is 2.13. The van der Waals surface area contributed by atoms with Crippen LogP contribution >= 0.6 is 11.8 Å². The van der Waals surface area contributed by atoms with Crippen LogP contribution in [0.5, 0.6) is 0 Å². The number of hydrogen-bond acceptors (Lipinski definition) is 4. The van der Waals surface area contributed by atoms with Crippen LogP contribution in [0.1, 0.15) is 18.9 Å². The zero-order chi connectivity index (χ0) is 13.4. The monoisotopic (exact) mass is 267 g/mol. The Kier molecular flexibility index (Phi) is 6.65. The van der Waals surface area contributed by atoms with Gasteiger partial charge >= 0.3 is 5.97 Å². The lowest BCUT2D eigenvalue weighted by atomic mass is 10.2. The normalized spacial score (nSPS) is 11.9. The van der Waals surface area contributed by atoms with Gasteiger partial charge in [0.15, 0.2) is 0 Å². The molecule has 1 aromatic rings. The lowest BCUT2D eigenvalue weighted by molar-refractivity contribution is -0.144. The topological polar surface area (TPSA) is 38.3 Å². The van der Waals surface area contributed by atoms with E-state index >= 15 is 0 Å². The van der Waals surface area contributed by atoms with Gasteiger partial charge in [-0.3, -0.25) is 0 Å². The van der Waals surface area contributed by atoms with E-state index in [0.29, 0.717) is 6.61 Å². The van der Waals surface area contributed by atoms with Gasteiger partial charge < -0.3 is 10.1 Å². The van der Waals surface area contributed by atoms with Crippen molar-refractivity contribution < 1.29 is 9.53 Å². The van der Waals surface area contributed by atoms with Crippen molar-refractivity contribution in [2.24, 2.45) is 0 Å². The molecule has 0 aliphatic carbocycles. The van der Waals surface area contributed by atoms with Crippen molar-refractivity contribution >= 4 is 23.4 Å². The van der Waals surface area contributed by atoms with Gasteiger partial charge in [0.2, 0.25) is 0 Å². The molecule has 0 aliphatic heterocycles. The number of thioether (sulfide) groups is 1. The molecule has 0 fully saturated rings. The molecule has 3 nitrogen and oxygen atoms in total. The molecule has 100 valence electrons. The molecular formula is C14H21NO2S. The highest BCUT2D eigenvalue weighted by atomic mass is 32.2. The molecular weight excluding hydrogens is 246 g/mol. The number of aryl methyl sites for hydroxylation is 1. The number of carbonyl (C=O) groups excluding carboxylic acids is 1. The summed E-state index contributed by atoms with van der Waals surface area (Å²) < 4.78 is 5.09. The van der Waals surface area contributed by atoms with Crippen molar-refractivity contribution in [1.29, 1.82) is 0 Å². The first-order valence-corrected chi connectivity index (χ1v) is 7.55. The molecule has 1 unspecified atom stereocenters. The van der Waals surface area contributed by atoms with Crippen LogP contribution in [-0.2, 0) is 9.53 Å². The van der Waals surface area contributed by atoms with Gasteiger partial charge in [-0.05, 0) is 50.0 Å². The van der Waals surface area contributed by atoms with E-state index < -0.39 is 0 Å². The van der Waals surface area contributed by atoms with E-state index in [-0.39, 0.29) is 12.0 Å². The van der Waals surface area contributed by atoms with Gasteiger partial charge in [-0.15, -0.1) is 0 Å². The summed E-state index contributed by atoms with van der Waals surface area (Å²) in [5, 5.41) is 3.25. The molecule has 0 spiro atoms. The van der Waals surface area contributed by atoms with Crippen LogP contribution in [0.25, 0.3) is 0 Å². The van der Waals surface area contributed by atoms with Gasteiger partial charge in [-0.2, -0.15) is 11.8 Å². The van der Waals surface area contributed by atoms with Crippen molar-refractivity contribution in [3.05, 3.63) is 29.8 Å². The van der Waals surface area contributed by atoms with Gasteiger partial charge in [-0.1, -0.05) is 12.1 Å². The number of nitrogens with one attached hydrogen (secondary N) is 1. The molecule has 1 aromatic carbocycles. The highest BCUT2D eigenvalue weighted by Gasteiger charge is 2.18. The van der Waals surface area contributed by atoms with E-state index in [9.17, 15) is 4.79 Å². The Labute approximate surface area is 113 Å². The lowest BCUT2D eigenvalue weighted by Gasteiger charge is -2.18. The molecule has 1 rings (SSSR count). The number of rotatable bonds is 7. The Balaban J connectivity index is 2.68. The van der Waals surface area contributed by atoms with E-state index in [1.54, 1.807) is 11.8 Å². The second-order valence-corrected chi connectivity index (χ2v) is 5.09. The Morgan fingerprint density at radius 2 is 2.28 bits per heavy atom. The summed E-state index contributed by atoms with van der Waals surface area (Å²) in [7, 11) is 0. The van der Waals surface area contributed by atoms with E-state index in [1.807, 2.05) is 44.4 Å². The lowest BCUT2D eigenvalue weighted by Crippen LogP contribution is -2.32. The van der Waals surface area contributed by atoms with Crippen LogP contribution in [-0.4, -0.2) is 30.6 Å². The maximum Gasteiger partial charge on any atom is 0.328 e. The SMILES string of the molecule is CCOC(=O)C(CCSC)Nc1cccc(C)c1. The number of hydrogen-bond donors (Lipinski definition) is 1. The predicted octanol–water partition coefficient (Wildman–Crippen LogP) is 3.09. The molecule has 0 saturated heterocycles. The fraction of sp³-hybridized carbons (Fsp3) is 0.500. The van der Waals surface area contributed by atoms with Crippen LogP contribution in [0.4, 0.5) is 5.69 Å². The van der Waals surface area contributed by atoms with Crippen molar-refractivity contribution in [3.63, 3.8) is 0 Å². The van der Waals surface area contributed by atoms with Crippen LogP contribution in [0, 0.1) is 6.92 Å². The third kappa shape index (κ3) is 5.00. The Morgan fingerprint density at radius 3 is 2.89 bits per heavy atom. The first-order valence-electron chi connectivity index (χ1n) is 6.16. The van der Waals surface area contributed by atoms with Gasteiger partial charge in [0, 0.05) is 5.69 Å². The quantitative estimate of drug-likeness (QED) is 0.770. The number of anilines is 1. The summed E-state index contributed by atoms with van der Waals surface area (Å²) in [6, 6.07) is 7.75. The zero-order valence-corrected chi connectivity index (χ0v) is 12.0. The number of ether oxygens (including phenoxy) is 1. The highest BCUT2D eigenvalue weighted by Crippen LogP contribution is 2.14. The molecule has 0 saturated carbocycles. The number of carbonyl (C=O) groups is 1. The summed E-state index contributed by atoms with van der Waals surface area (Å²) in [4.78, 5) is 11.8. The molecule has 4 heteroatoms. The molecule has 0 aromatic heterocycles. The molecule has 0 heterocycles. The standard InChI is InChI=1S/C14H21NO2S/c1-4-17-14(16)13(8-9-18-3)15-12-7-5-6-11(2)10-12/h5-7,10,13,15H,4,8-9H2,1-3H3. The largest absolute Gasteiger partial charge is 0.464 e. The molecule has 1 N–H and O–H groups in total. The third-order valence-corrected chi connectivity index (χ3v) is 3.18. The van der Waals surface area contributed by atoms with Crippen molar-refractivity contribution in [2.75, 3.05) is 23.9 Å². The van der Waals surface area contributed by atoms with E-state index in [4.69, 9.17) is 4.74 Å². The summed E-state index contributed by atoms with van der Waals surface area (Å²) in [5.41, 5.74) is 2.14.